The minimum atomic E-state index is -0.871. The van der Waals surface area contributed by atoms with Gasteiger partial charge in [-0.3, -0.25) is 0 Å². The lowest BCUT2D eigenvalue weighted by Gasteiger charge is -2.33. The summed E-state index contributed by atoms with van der Waals surface area (Å²) in [6, 6.07) is 5.63. The van der Waals surface area contributed by atoms with Crippen molar-refractivity contribution in [3.8, 4) is 0 Å². The highest BCUT2D eigenvalue weighted by molar-refractivity contribution is 5.66. The third-order valence-corrected chi connectivity index (χ3v) is 3.18. The molecule has 0 aliphatic carbocycles. The molecule has 1 aliphatic heterocycles. The number of rotatable bonds is 1. The summed E-state index contributed by atoms with van der Waals surface area (Å²) in [6.45, 7) is 2.45. The van der Waals surface area contributed by atoms with E-state index in [-0.39, 0.29) is 12.6 Å². The van der Waals surface area contributed by atoms with E-state index in [9.17, 15) is 4.79 Å². The topological polar surface area (TPSA) is 60.8 Å². The van der Waals surface area contributed by atoms with E-state index in [1.807, 2.05) is 25.1 Å². The van der Waals surface area contributed by atoms with Crippen LogP contribution in [-0.4, -0.2) is 27.8 Å². The van der Waals surface area contributed by atoms with Crippen LogP contribution in [0.3, 0.4) is 0 Å². The summed E-state index contributed by atoms with van der Waals surface area (Å²) in [6.07, 6.45) is -0.149. The SMILES string of the molecule is CC1c2ccc(CO)cc2CCN1C(=O)O. The second-order valence-electron chi connectivity index (χ2n) is 4.09. The number of nitrogens with zero attached hydrogens (tertiary/aromatic N) is 1. The number of aliphatic hydroxyl groups is 1. The summed E-state index contributed by atoms with van der Waals surface area (Å²) in [7, 11) is 0. The number of aliphatic hydroxyl groups excluding tert-OH is 1. The van der Waals surface area contributed by atoms with E-state index in [0.29, 0.717) is 6.54 Å². The number of hydrogen-bond acceptors (Lipinski definition) is 2. The molecule has 0 fully saturated rings. The molecule has 1 aliphatic rings. The van der Waals surface area contributed by atoms with Crippen molar-refractivity contribution < 1.29 is 15.0 Å². The van der Waals surface area contributed by atoms with Gasteiger partial charge in [0.25, 0.3) is 0 Å². The highest BCUT2D eigenvalue weighted by atomic mass is 16.4. The predicted molar refractivity (Wildman–Crippen MR) is 59.2 cm³/mol. The summed E-state index contributed by atoms with van der Waals surface area (Å²) in [5.41, 5.74) is 3.08. The Balaban J connectivity index is 2.35. The molecule has 0 spiro atoms. The van der Waals surface area contributed by atoms with Gasteiger partial charge in [-0.05, 0) is 30.0 Å². The van der Waals surface area contributed by atoms with Crippen LogP contribution in [0, 0.1) is 0 Å². The van der Waals surface area contributed by atoms with Crippen molar-refractivity contribution in [3.05, 3.63) is 34.9 Å². The van der Waals surface area contributed by atoms with E-state index in [1.54, 1.807) is 0 Å². The Kier molecular flexibility index (Phi) is 2.83. The van der Waals surface area contributed by atoms with Crippen LogP contribution in [0.4, 0.5) is 4.79 Å². The van der Waals surface area contributed by atoms with Crippen LogP contribution in [0.2, 0.25) is 0 Å². The predicted octanol–water partition coefficient (Wildman–Crippen LogP) is 1.78. The van der Waals surface area contributed by atoms with Crippen molar-refractivity contribution in [1.29, 1.82) is 0 Å². The zero-order valence-electron chi connectivity index (χ0n) is 9.18. The van der Waals surface area contributed by atoms with Crippen molar-refractivity contribution in [2.24, 2.45) is 0 Å². The number of fused-ring (bicyclic) bond motifs is 1. The van der Waals surface area contributed by atoms with Gasteiger partial charge >= 0.3 is 6.09 Å². The van der Waals surface area contributed by atoms with Gasteiger partial charge in [0.2, 0.25) is 0 Å². The molecule has 0 bridgehead atoms. The van der Waals surface area contributed by atoms with Crippen LogP contribution >= 0.6 is 0 Å². The molecule has 1 atom stereocenters. The van der Waals surface area contributed by atoms with Crippen molar-refractivity contribution in [2.45, 2.75) is 26.0 Å². The second kappa shape index (κ2) is 4.14. The molecule has 1 aromatic carbocycles. The van der Waals surface area contributed by atoms with Crippen molar-refractivity contribution in [1.82, 2.24) is 4.90 Å². The number of benzene rings is 1. The third kappa shape index (κ3) is 1.76. The molecule has 0 radical (unpaired) electrons. The minimum Gasteiger partial charge on any atom is -0.465 e. The van der Waals surface area contributed by atoms with E-state index in [0.717, 1.165) is 23.1 Å². The molecule has 0 aromatic heterocycles. The molecule has 16 heavy (non-hydrogen) atoms. The summed E-state index contributed by atoms with van der Waals surface area (Å²) in [4.78, 5) is 12.4. The maximum absolute atomic E-state index is 11.0. The third-order valence-electron chi connectivity index (χ3n) is 3.18. The first-order chi connectivity index (χ1) is 7.63. The monoisotopic (exact) mass is 221 g/mol. The van der Waals surface area contributed by atoms with Gasteiger partial charge in [0.1, 0.15) is 0 Å². The fraction of sp³-hybridized carbons (Fsp3) is 0.417. The van der Waals surface area contributed by atoms with Gasteiger partial charge in [-0.2, -0.15) is 0 Å². The molecule has 86 valence electrons. The summed E-state index contributed by atoms with van der Waals surface area (Å²) in [5.74, 6) is 0. The molecule has 4 nitrogen and oxygen atoms in total. The smallest absolute Gasteiger partial charge is 0.407 e. The first-order valence-corrected chi connectivity index (χ1v) is 5.35. The summed E-state index contributed by atoms with van der Waals surface area (Å²) < 4.78 is 0. The molecule has 1 unspecified atom stereocenters. The van der Waals surface area contributed by atoms with E-state index >= 15 is 0 Å². The molecule has 2 rings (SSSR count). The Morgan fingerprint density at radius 3 is 2.94 bits per heavy atom. The molecule has 1 aromatic rings. The lowest BCUT2D eigenvalue weighted by atomic mass is 9.92. The zero-order valence-corrected chi connectivity index (χ0v) is 9.18. The Hall–Kier alpha value is -1.55. The van der Waals surface area contributed by atoms with Gasteiger partial charge in [-0.1, -0.05) is 18.2 Å². The molecular formula is C12H15NO3. The first kappa shape index (κ1) is 11.0. The molecule has 1 heterocycles. The van der Waals surface area contributed by atoms with Gasteiger partial charge < -0.3 is 15.1 Å². The maximum atomic E-state index is 11.0. The lowest BCUT2D eigenvalue weighted by Crippen LogP contribution is -2.37. The highest BCUT2D eigenvalue weighted by Gasteiger charge is 2.26. The normalized spacial score (nSPS) is 19.4. The highest BCUT2D eigenvalue weighted by Crippen LogP contribution is 2.29. The molecule has 0 saturated carbocycles. The standard InChI is InChI=1S/C12H15NO3/c1-8-11-3-2-9(7-14)6-10(11)4-5-13(8)12(15)16/h2-3,6,8,14H,4-5,7H2,1H3,(H,15,16). The fourth-order valence-corrected chi connectivity index (χ4v) is 2.25. The van der Waals surface area contributed by atoms with Crippen LogP contribution in [-0.2, 0) is 13.0 Å². The van der Waals surface area contributed by atoms with Crippen LogP contribution < -0.4 is 0 Å². The Morgan fingerprint density at radius 2 is 2.31 bits per heavy atom. The number of hydrogen-bond donors (Lipinski definition) is 2. The molecule has 0 saturated heterocycles. The number of carbonyl (C=O) groups is 1. The molecule has 1 amide bonds. The summed E-state index contributed by atoms with van der Waals surface area (Å²) in [5, 5.41) is 18.1. The van der Waals surface area contributed by atoms with Gasteiger partial charge in [0.15, 0.2) is 0 Å². The molecule has 2 N–H and O–H groups in total. The van der Waals surface area contributed by atoms with Crippen LogP contribution in [0.25, 0.3) is 0 Å². The van der Waals surface area contributed by atoms with E-state index in [4.69, 9.17) is 10.2 Å². The Bertz CT molecular complexity index is 417. The lowest BCUT2D eigenvalue weighted by molar-refractivity contribution is 0.124. The van der Waals surface area contributed by atoms with Crippen molar-refractivity contribution in [2.75, 3.05) is 6.54 Å². The van der Waals surface area contributed by atoms with Gasteiger partial charge in [-0.25, -0.2) is 4.79 Å². The average Bonchev–Trinajstić information content (AvgIpc) is 2.28. The minimum absolute atomic E-state index is 0.0320. The largest absolute Gasteiger partial charge is 0.465 e. The average molecular weight is 221 g/mol. The number of amides is 1. The van der Waals surface area contributed by atoms with E-state index in [1.165, 1.54) is 4.90 Å². The van der Waals surface area contributed by atoms with E-state index < -0.39 is 6.09 Å². The van der Waals surface area contributed by atoms with Crippen LogP contribution in [0.15, 0.2) is 18.2 Å². The van der Waals surface area contributed by atoms with Gasteiger partial charge in [0.05, 0.1) is 12.6 Å². The zero-order chi connectivity index (χ0) is 11.7. The maximum Gasteiger partial charge on any atom is 0.407 e. The van der Waals surface area contributed by atoms with E-state index in [2.05, 4.69) is 0 Å². The second-order valence-corrected chi connectivity index (χ2v) is 4.09. The quantitative estimate of drug-likeness (QED) is 0.759. The number of carboxylic acid groups (broad SMARTS) is 1. The molecule has 4 heteroatoms. The Morgan fingerprint density at radius 1 is 1.56 bits per heavy atom. The van der Waals surface area contributed by atoms with Gasteiger partial charge in [0, 0.05) is 6.54 Å². The van der Waals surface area contributed by atoms with Gasteiger partial charge in [-0.15, -0.1) is 0 Å². The van der Waals surface area contributed by atoms with Crippen molar-refractivity contribution in [3.63, 3.8) is 0 Å². The first-order valence-electron chi connectivity index (χ1n) is 5.35. The Labute approximate surface area is 94.1 Å². The van der Waals surface area contributed by atoms with Crippen LogP contribution in [0.1, 0.15) is 29.7 Å². The fourth-order valence-electron chi connectivity index (χ4n) is 2.25. The van der Waals surface area contributed by atoms with Crippen LogP contribution in [0.5, 0.6) is 0 Å². The summed E-state index contributed by atoms with van der Waals surface area (Å²) >= 11 is 0. The van der Waals surface area contributed by atoms with Crippen molar-refractivity contribution >= 4 is 6.09 Å². The molecular weight excluding hydrogens is 206 g/mol.